The number of hydrogen-bond acceptors (Lipinski definition) is 6. The van der Waals surface area contributed by atoms with Crippen LogP contribution < -0.4 is 4.74 Å². The predicted molar refractivity (Wildman–Crippen MR) is 131 cm³/mol. The number of hydrogen-bond donors (Lipinski definition) is 0. The minimum Gasteiger partial charge on any atom is -0.496 e. The second-order valence-corrected chi connectivity index (χ2v) is 8.90. The number of para-hydroxylation sites is 1. The van der Waals surface area contributed by atoms with Gasteiger partial charge in [0, 0.05) is 38.9 Å². The molecule has 0 N–H and O–H groups in total. The Hall–Kier alpha value is -3.43. The van der Waals surface area contributed by atoms with Crippen molar-refractivity contribution in [1.82, 2.24) is 14.5 Å². The minimum atomic E-state index is -0.338. The molecule has 0 bridgehead atoms. The van der Waals surface area contributed by atoms with Gasteiger partial charge in [-0.05, 0) is 29.6 Å². The molecule has 0 aliphatic carbocycles. The lowest BCUT2D eigenvalue weighted by molar-refractivity contribution is -0.133. The van der Waals surface area contributed by atoms with Gasteiger partial charge in [-0.1, -0.05) is 24.3 Å². The molecule has 34 heavy (non-hydrogen) atoms. The average Bonchev–Trinajstić information content (AvgIpc) is 3.62. The van der Waals surface area contributed by atoms with E-state index in [9.17, 15) is 9.59 Å². The fraction of sp³-hybridized carbons (Fsp3) is 0.320. The van der Waals surface area contributed by atoms with Crippen LogP contribution in [0.1, 0.15) is 33.4 Å². The molecule has 0 unspecified atom stereocenters. The standard InChI is InChI=1S/C25H28N4O4S/c1-27-12-6-9-20(27)19-16-21(18-8-4-5-10-22(18)33-3)29(26-19)24(30)17-28(13-14-32-2)25(31)23-11-7-15-34-23/h4-12,15,21H,13-14,16-17H2,1-3H3/t21-/m0/s1. The SMILES string of the molecule is COCCN(CC(=O)N1N=C(c2cccn2C)C[C@H]1c1ccccc1OC)C(=O)c1cccs1. The van der Waals surface area contributed by atoms with Gasteiger partial charge in [0.05, 0.1) is 36.0 Å². The van der Waals surface area contributed by atoms with Gasteiger partial charge < -0.3 is 18.9 Å². The van der Waals surface area contributed by atoms with E-state index in [-0.39, 0.29) is 24.4 Å². The second-order valence-electron chi connectivity index (χ2n) is 7.95. The van der Waals surface area contributed by atoms with E-state index in [0.717, 1.165) is 17.0 Å². The molecule has 1 aliphatic rings. The third-order valence-electron chi connectivity index (χ3n) is 5.81. The van der Waals surface area contributed by atoms with E-state index in [0.29, 0.717) is 30.2 Å². The number of carbonyl (C=O) groups is 2. The van der Waals surface area contributed by atoms with Crippen molar-refractivity contribution in [2.24, 2.45) is 12.1 Å². The van der Waals surface area contributed by atoms with Crippen LogP contribution in [-0.2, 0) is 16.6 Å². The Morgan fingerprint density at radius 2 is 1.97 bits per heavy atom. The van der Waals surface area contributed by atoms with Crippen LogP contribution in [0.25, 0.3) is 0 Å². The van der Waals surface area contributed by atoms with E-state index in [2.05, 4.69) is 0 Å². The van der Waals surface area contributed by atoms with Gasteiger partial charge in [-0.2, -0.15) is 5.10 Å². The molecular formula is C25H28N4O4S. The first-order chi connectivity index (χ1) is 16.5. The molecule has 0 spiro atoms. The van der Waals surface area contributed by atoms with Gasteiger partial charge in [0.25, 0.3) is 11.8 Å². The molecule has 0 saturated heterocycles. The normalized spacial score (nSPS) is 15.3. The Kier molecular flexibility index (Phi) is 7.44. The number of amides is 2. The molecule has 0 saturated carbocycles. The highest BCUT2D eigenvalue weighted by molar-refractivity contribution is 7.12. The summed E-state index contributed by atoms with van der Waals surface area (Å²) in [4.78, 5) is 28.8. The summed E-state index contributed by atoms with van der Waals surface area (Å²) in [7, 11) is 5.14. The van der Waals surface area contributed by atoms with Gasteiger partial charge in [-0.3, -0.25) is 9.59 Å². The topological polar surface area (TPSA) is 76.4 Å². The third-order valence-corrected chi connectivity index (χ3v) is 6.67. The van der Waals surface area contributed by atoms with Crippen molar-refractivity contribution < 1.29 is 19.1 Å². The average molecular weight is 481 g/mol. The summed E-state index contributed by atoms with van der Waals surface area (Å²) >= 11 is 1.35. The number of nitrogens with zero attached hydrogens (tertiary/aromatic N) is 4. The van der Waals surface area contributed by atoms with Crippen molar-refractivity contribution in [3.8, 4) is 5.75 Å². The van der Waals surface area contributed by atoms with Crippen LogP contribution in [0.5, 0.6) is 5.75 Å². The third kappa shape index (κ3) is 4.90. The van der Waals surface area contributed by atoms with E-state index in [4.69, 9.17) is 14.6 Å². The van der Waals surface area contributed by atoms with Crippen molar-refractivity contribution in [2.75, 3.05) is 33.9 Å². The monoisotopic (exact) mass is 480 g/mol. The smallest absolute Gasteiger partial charge is 0.264 e. The summed E-state index contributed by atoms with van der Waals surface area (Å²) in [5, 5.41) is 8.08. The number of benzene rings is 1. The molecule has 3 heterocycles. The maximum absolute atomic E-state index is 13.6. The van der Waals surface area contributed by atoms with Crippen molar-refractivity contribution in [3.05, 3.63) is 76.2 Å². The van der Waals surface area contributed by atoms with Crippen LogP contribution in [0, 0.1) is 0 Å². The number of thiophene rings is 1. The second kappa shape index (κ2) is 10.7. The number of carbonyl (C=O) groups excluding carboxylic acids is 2. The number of hydrazone groups is 1. The minimum absolute atomic E-state index is 0.102. The van der Waals surface area contributed by atoms with Gasteiger partial charge in [0.2, 0.25) is 0 Å². The largest absolute Gasteiger partial charge is 0.496 e. The van der Waals surface area contributed by atoms with E-state index in [1.807, 2.05) is 65.7 Å². The van der Waals surface area contributed by atoms with Crippen LogP contribution >= 0.6 is 11.3 Å². The summed E-state index contributed by atoms with van der Waals surface area (Å²) in [6, 6.07) is 14.8. The van der Waals surface area contributed by atoms with Crippen molar-refractivity contribution in [3.63, 3.8) is 0 Å². The Balaban J connectivity index is 1.65. The lowest BCUT2D eigenvalue weighted by Crippen LogP contribution is -2.42. The van der Waals surface area contributed by atoms with Crippen LogP contribution in [0.15, 0.2) is 65.2 Å². The molecule has 4 rings (SSSR count). The fourth-order valence-corrected chi connectivity index (χ4v) is 4.78. The quantitative estimate of drug-likeness (QED) is 0.469. The molecule has 2 amide bonds. The maximum atomic E-state index is 13.6. The van der Waals surface area contributed by atoms with E-state index in [1.54, 1.807) is 20.3 Å². The Labute approximate surface area is 203 Å². The zero-order chi connectivity index (χ0) is 24.1. The van der Waals surface area contributed by atoms with Gasteiger partial charge in [0.15, 0.2) is 0 Å². The van der Waals surface area contributed by atoms with Crippen LogP contribution in [-0.4, -0.2) is 65.9 Å². The predicted octanol–water partition coefficient (Wildman–Crippen LogP) is 3.56. The van der Waals surface area contributed by atoms with Crippen molar-refractivity contribution in [1.29, 1.82) is 0 Å². The molecule has 3 aromatic rings. The Morgan fingerprint density at radius 3 is 2.65 bits per heavy atom. The van der Waals surface area contributed by atoms with Gasteiger partial charge in [0.1, 0.15) is 12.3 Å². The molecule has 8 nitrogen and oxygen atoms in total. The van der Waals surface area contributed by atoms with Crippen molar-refractivity contribution >= 4 is 28.9 Å². The van der Waals surface area contributed by atoms with Crippen molar-refractivity contribution in [2.45, 2.75) is 12.5 Å². The van der Waals surface area contributed by atoms with E-state index in [1.165, 1.54) is 21.2 Å². The Bertz CT molecular complexity index is 1170. The lowest BCUT2D eigenvalue weighted by atomic mass is 9.99. The molecule has 2 aromatic heterocycles. The molecule has 178 valence electrons. The summed E-state index contributed by atoms with van der Waals surface area (Å²) < 4.78 is 12.8. The first-order valence-corrected chi connectivity index (χ1v) is 11.9. The highest BCUT2D eigenvalue weighted by Gasteiger charge is 2.36. The van der Waals surface area contributed by atoms with Crippen LogP contribution in [0.3, 0.4) is 0 Å². The molecule has 1 aromatic carbocycles. The number of aryl methyl sites for hydroxylation is 1. The van der Waals surface area contributed by atoms with Gasteiger partial charge >= 0.3 is 0 Å². The summed E-state index contributed by atoms with van der Waals surface area (Å²) in [5.74, 6) is 0.237. The number of ether oxygens (including phenoxy) is 2. The molecular weight excluding hydrogens is 452 g/mol. The zero-order valence-electron chi connectivity index (χ0n) is 19.5. The lowest BCUT2D eigenvalue weighted by Gasteiger charge is -2.27. The van der Waals surface area contributed by atoms with E-state index < -0.39 is 0 Å². The number of rotatable bonds is 9. The van der Waals surface area contributed by atoms with Crippen LogP contribution in [0.2, 0.25) is 0 Å². The maximum Gasteiger partial charge on any atom is 0.264 e. The fourth-order valence-electron chi connectivity index (χ4n) is 4.09. The van der Waals surface area contributed by atoms with Gasteiger partial charge in [-0.25, -0.2) is 5.01 Å². The number of methoxy groups -OCH3 is 2. The molecule has 1 atom stereocenters. The first kappa shape index (κ1) is 23.7. The highest BCUT2D eigenvalue weighted by Crippen LogP contribution is 2.37. The summed E-state index contributed by atoms with van der Waals surface area (Å²) in [6.07, 6.45) is 2.49. The van der Waals surface area contributed by atoms with E-state index >= 15 is 0 Å². The summed E-state index contributed by atoms with van der Waals surface area (Å²) in [6.45, 7) is 0.536. The molecule has 9 heteroatoms. The van der Waals surface area contributed by atoms with Gasteiger partial charge in [-0.15, -0.1) is 11.3 Å². The summed E-state index contributed by atoms with van der Waals surface area (Å²) in [5.41, 5.74) is 2.63. The first-order valence-electron chi connectivity index (χ1n) is 11.0. The van der Waals surface area contributed by atoms with Crippen LogP contribution in [0.4, 0.5) is 0 Å². The highest BCUT2D eigenvalue weighted by atomic mass is 32.1. The zero-order valence-corrected chi connectivity index (χ0v) is 20.3. The molecule has 1 aliphatic heterocycles. The molecule has 0 radical (unpaired) electrons. The number of aromatic nitrogens is 1. The Morgan fingerprint density at radius 1 is 1.15 bits per heavy atom. The molecule has 0 fully saturated rings.